The van der Waals surface area contributed by atoms with Crippen molar-refractivity contribution in [1.29, 1.82) is 0 Å². The van der Waals surface area contributed by atoms with Gasteiger partial charge in [0, 0.05) is 24.8 Å². The van der Waals surface area contributed by atoms with Crippen LogP contribution < -0.4 is 10.1 Å². The molecular weight excluding hydrogens is 464 g/mol. The van der Waals surface area contributed by atoms with Crippen molar-refractivity contribution in [2.24, 2.45) is 0 Å². The van der Waals surface area contributed by atoms with E-state index in [4.69, 9.17) is 0 Å². The molecule has 0 aliphatic carbocycles. The van der Waals surface area contributed by atoms with Crippen molar-refractivity contribution in [3.63, 3.8) is 0 Å². The highest BCUT2D eigenvalue weighted by Crippen LogP contribution is 2.22. The minimum absolute atomic E-state index is 0.0997. The number of carbonyl (C=O) groups excluding carboxylic acids is 2. The van der Waals surface area contributed by atoms with Crippen LogP contribution in [-0.4, -0.2) is 55.0 Å². The van der Waals surface area contributed by atoms with E-state index in [-0.39, 0.29) is 22.0 Å². The number of hydrogen-bond acceptors (Lipinski definition) is 7. The quantitative estimate of drug-likeness (QED) is 0.573. The number of nitrogens with zero attached hydrogens (tertiary/aromatic N) is 2. The number of rotatable bonds is 8. The van der Waals surface area contributed by atoms with Gasteiger partial charge in [0.15, 0.2) is 0 Å². The van der Waals surface area contributed by atoms with Gasteiger partial charge >= 0.3 is 6.61 Å². The molecule has 172 valence electrons. The maximum absolute atomic E-state index is 12.6. The van der Waals surface area contributed by atoms with E-state index >= 15 is 0 Å². The number of carbonyl (C=O) groups is 2. The summed E-state index contributed by atoms with van der Waals surface area (Å²) in [5, 5.41) is 2.62. The van der Waals surface area contributed by atoms with Crippen LogP contribution in [0.2, 0.25) is 0 Å². The molecule has 2 aromatic rings. The normalized spacial score (nSPS) is 14.8. The molecule has 0 bridgehead atoms. The van der Waals surface area contributed by atoms with Crippen LogP contribution in [-0.2, 0) is 14.8 Å². The number of thioether (sulfide) groups is 1. The number of imide groups is 1. The molecule has 1 aliphatic rings. The molecule has 12 heteroatoms. The van der Waals surface area contributed by atoms with Crippen LogP contribution in [0.15, 0.2) is 52.5 Å². The summed E-state index contributed by atoms with van der Waals surface area (Å²) >= 11 is 1.04. The zero-order valence-electron chi connectivity index (χ0n) is 16.9. The molecule has 1 aromatic carbocycles. The molecule has 32 heavy (non-hydrogen) atoms. The minimum Gasteiger partial charge on any atom is -0.435 e. The molecule has 0 atom stereocenters. The highest BCUT2D eigenvalue weighted by molar-refractivity contribution is 7.99. The molecule has 8 nitrogen and oxygen atoms in total. The van der Waals surface area contributed by atoms with E-state index in [1.54, 1.807) is 0 Å². The summed E-state index contributed by atoms with van der Waals surface area (Å²) in [6.07, 6.45) is 3.95. The molecule has 2 amide bonds. The second-order valence-corrected chi connectivity index (χ2v) is 9.80. The smallest absolute Gasteiger partial charge is 0.387 e. The number of aromatic nitrogens is 1. The molecule has 0 saturated carbocycles. The molecule has 1 saturated heterocycles. The van der Waals surface area contributed by atoms with E-state index < -0.39 is 28.4 Å². The van der Waals surface area contributed by atoms with Crippen molar-refractivity contribution in [1.82, 2.24) is 14.6 Å². The molecule has 2 heterocycles. The maximum Gasteiger partial charge on any atom is 0.387 e. The summed E-state index contributed by atoms with van der Waals surface area (Å²) in [7, 11) is -3.58. The van der Waals surface area contributed by atoms with Gasteiger partial charge < -0.3 is 4.74 Å². The number of amides is 2. The van der Waals surface area contributed by atoms with Gasteiger partial charge in [-0.15, -0.1) is 0 Å². The number of nitrogens with one attached hydrogen (secondary N) is 1. The summed E-state index contributed by atoms with van der Waals surface area (Å²) in [5.41, 5.74) is 0.107. The first-order chi connectivity index (χ1) is 15.3. The van der Waals surface area contributed by atoms with E-state index in [0.717, 1.165) is 31.0 Å². The highest BCUT2D eigenvalue weighted by Gasteiger charge is 2.26. The molecule has 0 unspecified atom stereocenters. The van der Waals surface area contributed by atoms with Crippen LogP contribution in [0.4, 0.5) is 8.78 Å². The van der Waals surface area contributed by atoms with E-state index in [2.05, 4.69) is 15.0 Å². The van der Waals surface area contributed by atoms with E-state index in [9.17, 15) is 26.8 Å². The van der Waals surface area contributed by atoms with Crippen molar-refractivity contribution in [2.45, 2.75) is 35.8 Å². The molecule has 1 aromatic heterocycles. The molecular formula is C20H21F2N3O5S2. The summed E-state index contributed by atoms with van der Waals surface area (Å²) in [6, 6.07) is 7.88. The van der Waals surface area contributed by atoms with Gasteiger partial charge in [-0.3, -0.25) is 14.9 Å². The lowest BCUT2D eigenvalue weighted by Gasteiger charge is -2.25. The fraction of sp³-hybridized carbons (Fsp3) is 0.350. The first-order valence-corrected chi connectivity index (χ1v) is 12.2. The van der Waals surface area contributed by atoms with Crippen LogP contribution in [0.5, 0.6) is 5.75 Å². The largest absolute Gasteiger partial charge is 0.435 e. The summed E-state index contributed by atoms with van der Waals surface area (Å²) in [6.45, 7) is -1.98. The fourth-order valence-corrected chi connectivity index (χ4v) is 5.13. The first-order valence-electron chi connectivity index (χ1n) is 9.74. The molecule has 0 spiro atoms. The van der Waals surface area contributed by atoms with E-state index in [1.807, 2.05) is 0 Å². The van der Waals surface area contributed by atoms with Gasteiger partial charge in [0.2, 0.25) is 15.9 Å². The number of sulfonamides is 1. The number of piperidine rings is 1. The zero-order valence-corrected chi connectivity index (χ0v) is 18.5. The average Bonchev–Trinajstić information content (AvgIpc) is 2.78. The molecule has 1 aliphatic heterocycles. The number of alkyl halides is 2. The third-order valence-corrected chi connectivity index (χ3v) is 7.43. The second-order valence-electron chi connectivity index (χ2n) is 6.87. The number of halogens is 2. The monoisotopic (exact) mass is 485 g/mol. The van der Waals surface area contributed by atoms with Gasteiger partial charge in [0.25, 0.3) is 5.91 Å². The van der Waals surface area contributed by atoms with Gasteiger partial charge in [0.05, 0.1) is 10.8 Å². The fourth-order valence-electron chi connectivity index (χ4n) is 3.02. The Bertz CT molecular complexity index is 1040. The van der Waals surface area contributed by atoms with Crippen LogP contribution in [0, 0.1) is 0 Å². The molecule has 3 rings (SSSR count). The van der Waals surface area contributed by atoms with Gasteiger partial charge in [-0.2, -0.15) is 13.1 Å². The Labute approximate surface area is 188 Å². The number of hydrogen-bond donors (Lipinski definition) is 1. The van der Waals surface area contributed by atoms with Crippen molar-refractivity contribution in [3.05, 3.63) is 48.2 Å². The lowest BCUT2D eigenvalue weighted by Crippen LogP contribution is -2.35. The lowest BCUT2D eigenvalue weighted by atomic mass is 10.2. The Balaban J connectivity index is 1.50. The van der Waals surface area contributed by atoms with Gasteiger partial charge in [0.1, 0.15) is 10.6 Å². The highest BCUT2D eigenvalue weighted by atomic mass is 32.2. The predicted octanol–water partition coefficient (Wildman–Crippen LogP) is 2.91. The Morgan fingerprint density at radius 2 is 1.78 bits per heavy atom. The van der Waals surface area contributed by atoms with Crippen LogP contribution >= 0.6 is 11.8 Å². The third kappa shape index (κ3) is 6.47. The first kappa shape index (κ1) is 24.1. The Morgan fingerprint density at radius 3 is 2.38 bits per heavy atom. The summed E-state index contributed by atoms with van der Waals surface area (Å²) in [5.74, 6) is -1.49. The van der Waals surface area contributed by atoms with Gasteiger partial charge in [-0.1, -0.05) is 18.2 Å². The molecule has 0 radical (unpaired) electrons. The van der Waals surface area contributed by atoms with Crippen molar-refractivity contribution >= 4 is 33.6 Å². The lowest BCUT2D eigenvalue weighted by molar-refractivity contribution is -0.117. The minimum atomic E-state index is -3.58. The summed E-state index contributed by atoms with van der Waals surface area (Å²) in [4.78, 5) is 28.3. The number of pyridine rings is 1. The van der Waals surface area contributed by atoms with Crippen LogP contribution in [0.3, 0.4) is 0 Å². The van der Waals surface area contributed by atoms with Crippen molar-refractivity contribution in [2.75, 3.05) is 18.8 Å². The SMILES string of the molecule is O=C(CSc1ccc(S(=O)(=O)N2CCCCC2)cn1)NC(=O)c1ccc(OC(F)F)cc1. The Kier molecular flexibility index (Phi) is 8.15. The van der Waals surface area contributed by atoms with Gasteiger partial charge in [-0.05, 0) is 49.2 Å². The van der Waals surface area contributed by atoms with Crippen LogP contribution in [0.1, 0.15) is 29.6 Å². The second kappa shape index (κ2) is 10.8. The topological polar surface area (TPSA) is 106 Å². The third-order valence-electron chi connectivity index (χ3n) is 4.61. The maximum atomic E-state index is 12.6. The molecule has 1 fully saturated rings. The molecule has 1 N–H and O–H groups in total. The standard InChI is InChI=1S/C20H21F2N3O5S2/c21-20(22)30-15-6-4-14(5-7-15)19(27)24-17(26)13-31-18-9-8-16(12-23-18)32(28,29)25-10-2-1-3-11-25/h4-9,12,20H,1-3,10-11,13H2,(H,24,26,27). The Hall–Kier alpha value is -2.57. The average molecular weight is 486 g/mol. The van der Waals surface area contributed by atoms with Crippen LogP contribution in [0.25, 0.3) is 0 Å². The predicted molar refractivity (Wildman–Crippen MR) is 113 cm³/mol. The van der Waals surface area contributed by atoms with Gasteiger partial charge in [-0.25, -0.2) is 13.4 Å². The van der Waals surface area contributed by atoms with E-state index in [1.165, 1.54) is 46.9 Å². The van der Waals surface area contributed by atoms with Crippen molar-refractivity contribution < 1.29 is 31.5 Å². The van der Waals surface area contributed by atoms with Crippen molar-refractivity contribution in [3.8, 4) is 5.75 Å². The number of benzene rings is 1. The zero-order chi connectivity index (χ0) is 23.1. The summed E-state index contributed by atoms with van der Waals surface area (Å²) < 4.78 is 55.2. The Morgan fingerprint density at radius 1 is 1.09 bits per heavy atom. The van der Waals surface area contributed by atoms with E-state index in [0.29, 0.717) is 18.1 Å². The number of ether oxygens (including phenoxy) is 1.